The predicted molar refractivity (Wildman–Crippen MR) is 110 cm³/mol. The highest BCUT2D eigenvalue weighted by Crippen LogP contribution is 2.37. The van der Waals surface area contributed by atoms with Crippen molar-refractivity contribution in [2.24, 2.45) is 0 Å². The van der Waals surface area contributed by atoms with E-state index in [4.69, 9.17) is 9.47 Å². The first-order chi connectivity index (χ1) is 13.7. The molecular weight excluding hydrogens is 392 g/mol. The van der Waals surface area contributed by atoms with E-state index in [1.807, 2.05) is 30.7 Å². The van der Waals surface area contributed by atoms with Crippen LogP contribution >= 0.6 is 0 Å². The number of aromatic nitrogens is 2. The quantitative estimate of drug-likeness (QED) is 0.712. The SMILES string of the molecule is COc1cc2c(cc1OC)C(=O)/C(=C\c1c(C)nn(C3CCS(=O)(=O)C3)c1C)C2. The topological polar surface area (TPSA) is 87.5 Å². The monoisotopic (exact) mass is 416 g/mol. The van der Waals surface area contributed by atoms with Crippen molar-refractivity contribution < 1.29 is 22.7 Å². The van der Waals surface area contributed by atoms with Gasteiger partial charge in [-0.2, -0.15) is 5.10 Å². The summed E-state index contributed by atoms with van der Waals surface area (Å²) in [6.07, 6.45) is 2.97. The average Bonchev–Trinajstić information content (AvgIpc) is 3.29. The molecule has 0 bridgehead atoms. The number of ketones is 1. The van der Waals surface area contributed by atoms with Crippen molar-refractivity contribution in [3.05, 3.63) is 45.8 Å². The molecule has 0 radical (unpaired) electrons. The molecule has 1 aliphatic heterocycles. The lowest BCUT2D eigenvalue weighted by atomic mass is 10.1. The molecule has 0 amide bonds. The van der Waals surface area contributed by atoms with Crippen molar-refractivity contribution >= 4 is 21.7 Å². The van der Waals surface area contributed by atoms with Gasteiger partial charge in [0.15, 0.2) is 27.1 Å². The first-order valence-corrected chi connectivity index (χ1v) is 11.3. The Balaban J connectivity index is 1.69. The van der Waals surface area contributed by atoms with Crippen LogP contribution in [-0.4, -0.2) is 49.7 Å². The molecule has 8 heteroatoms. The van der Waals surface area contributed by atoms with Gasteiger partial charge in [0.2, 0.25) is 0 Å². The van der Waals surface area contributed by atoms with Gasteiger partial charge in [-0.1, -0.05) is 0 Å². The molecule has 1 aromatic carbocycles. The Kier molecular flexibility index (Phi) is 4.77. The second-order valence-corrected chi connectivity index (χ2v) is 9.85. The smallest absolute Gasteiger partial charge is 0.189 e. The lowest BCUT2D eigenvalue weighted by Gasteiger charge is -2.11. The third-order valence-corrected chi connectivity index (χ3v) is 7.53. The minimum Gasteiger partial charge on any atom is -0.493 e. The highest BCUT2D eigenvalue weighted by Gasteiger charge is 2.32. The summed E-state index contributed by atoms with van der Waals surface area (Å²) in [5.41, 5.74) is 4.76. The van der Waals surface area contributed by atoms with Crippen LogP contribution in [0.2, 0.25) is 0 Å². The molecule has 0 N–H and O–H groups in total. The lowest BCUT2D eigenvalue weighted by molar-refractivity contribution is 0.104. The zero-order valence-corrected chi connectivity index (χ0v) is 17.8. The average molecular weight is 416 g/mol. The number of allylic oxidation sites excluding steroid dienone is 1. The van der Waals surface area contributed by atoms with E-state index in [9.17, 15) is 13.2 Å². The highest BCUT2D eigenvalue weighted by molar-refractivity contribution is 7.91. The van der Waals surface area contributed by atoms with Crippen LogP contribution in [-0.2, 0) is 16.3 Å². The number of carbonyl (C=O) groups excluding carboxylic acids is 1. The molecule has 29 heavy (non-hydrogen) atoms. The molecule has 1 aliphatic carbocycles. The maximum Gasteiger partial charge on any atom is 0.189 e. The summed E-state index contributed by atoms with van der Waals surface area (Å²) >= 11 is 0. The van der Waals surface area contributed by atoms with Crippen LogP contribution < -0.4 is 9.47 Å². The van der Waals surface area contributed by atoms with E-state index in [0.29, 0.717) is 35.5 Å². The molecule has 0 saturated carbocycles. The molecule has 154 valence electrons. The van der Waals surface area contributed by atoms with Crippen LogP contribution in [0.5, 0.6) is 11.5 Å². The molecule has 0 spiro atoms. The third kappa shape index (κ3) is 3.35. The lowest BCUT2D eigenvalue weighted by Crippen LogP contribution is -2.14. The van der Waals surface area contributed by atoms with Gasteiger partial charge in [0.1, 0.15) is 0 Å². The van der Waals surface area contributed by atoms with E-state index in [2.05, 4.69) is 5.10 Å². The van der Waals surface area contributed by atoms with Crippen LogP contribution in [0.4, 0.5) is 0 Å². The number of aryl methyl sites for hydroxylation is 1. The van der Waals surface area contributed by atoms with Crippen LogP contribution in [0.1, 0.15) is 45.3 Å². The van der Waals surface area contributed by atoms with Gasteiger partial charge in [-0.15, -0.1) is 0 Å². The summed E-state index contributed by atoms with van der Waals surface area (Å²) in [6, 6.07) is 3.43. The van der Waals surface area contributed by atoms with Gasteiger partial charge in [0.05, 0.1) is 37.5 Å². The Morgan fingerprint density at radius 2 is 1.86 bits per heavy atom. The van der Waals surface area contributed by atoms with E-state index in [1.54, 1.807) is 20.3 Å². The maximum absolute atomic E-state index is 13.0. The molecule has 7 nitrogen and oxygen atoms in total. The number of ether oxygens (including phenoxy) is 2. The molecule has 2 aliphatic rings. The van der Waals surface area contributed by atoms with Crippen LogP contribution in [0.15, 0.2) is 17.7 Å². The molecule has 1 unspecified atom stereocenters. The summed E-state index contributed by atoms with van der Waals surface area (Å²) in [6.45, 7) is 3.81. The summed E-state index contributed by atoms with van der Waals surface area (Å²) in [5.74, 6) is 1.42. The van der Waals surface area contributed by atoms with Gasteiger partial charge in [-0.25, -0.2) is 8.42 Å². The van der Waals surface area contributed by atoms with Gasteiger partial charge >= 0.3 is 0 Å². The molecular formula is C21H24N2O5S. The van der Waals surface area contributed by atoms with Gasteiger partial charge < -0.3 is 9.47 Å². The second-order valence-electron chi connectivity index (χ2n) is 7.63. The number of sulfone groups is 1. The minimum absolute atomic E-state index is 0.0315. The number of benzene rings is 1. The van der Waals surface area contributed by atoms with Crippen LogP contribution in [0, 0.1) is 13.8 Å². The maximum atomic E-state index is 13.0. The Hall–Kier alpha value is -2.61. The molecule has 2 heterocycles. The van der Waals surface area contributed by atoms with E-state index in [1.165, 1.54) is 0 Å². The second kappa shape index (κ2) is 7.02. The van der Waals surface area contributed by atoms with E-state index in [-0.39, 0.29) is 23.3 Å². The van der Waals surface area contributed by atoms with Crippen molar-refractivity contribution in [2.75, 3.05) is 25.7 Å². The number of rotatable bonds is 4. The van der Waals surface area contributed by atoms with E-state index in [0.717, 1.165) is 22.5 Å². The first-order valence-electron chi connectivity index (χ1n) is 9.50. The molecule has 1 aromatic heterocycles. The van der Waals surface area contributed by atoms with Gasteiger partial charge in [-0.05, 0) is 44.0 Å². The number of hydrogen-bond acceptors (Lipinski definition) is 6. The largest absolute Gasteiger partial charge is 0.493 e. The summed E-state index contributed by atoms with van der Waals surface area (Å²) in [4.78, 5) is 13.0. The van der Waals surface area contributed by atoms with Crippen molar-refractivity contribution in [2.45, 2.75) is 32.7 Å². The van der Waals surface area contributed by atoms with Crippen LogP contribution in [0.3, 0.4) is 0 Å². The zero-order valence-electron chi connectivity index (χ0n) is 17.0. The molecule has 1 saturated heterocycles. The number of Topliss-reactive ketones (excluding diaryl/α,β-unsaturated/α-hetero) is 1. The molecule has 4 rings (SSSR count). The van der Waals surface area contributed by atoms with Gasteiger partial charge in [0, 0.05) is 28.8 Å². The standard InChI is InChI=1S/C21H24N2O5S/c1-12-17(13(2)23(22-12)16-5-6-29(25,26)11-16)8-15-7-14-9-19(27-3)20(28-4)10-18(14)21(15)24/h8-10,16H,5-7,11H2,1-4H3/b15-8-. The van der Waals surface area contributed by atoms with Crippen molar-refractivity contribution in [1.82, 2.24) is 9.78 Å². The van der Waals surface area contributed by atoms with Crippen molar-refractivity contribution in [3.63, 3.8) is 0 Å². The number of carbonyl (C=O) groups is 1. The van der Waals surface area contributed by atoms with Gasteiger partial charge in [0.25, 0.3) is 0 Å². The fraction of sp³-hybridized carbons (Fsp3) is 0.429. The molecule has 2 aromatic rings. The fourth-order valence-corrected chi connectivity index (χ4v) is 5.93. The fourth-order valence-electron chi connectivity index (χ4n) is 4.24. The zero-order chi connectivity index (χ0) is 20.9. The number of hydrogen-bond donors (Lipinski definition) is 0. The Morgan fingerprint density at radius 1 is 1.17 bits per heavy atom. The number of nitrogens with zero attached hydrogens (tertiary/aromatic N) is 2. The van der Waals surface area contributed by atoms with E-state index < -0.39 is 9.84 Å². The van der Waals surface area contributed by atoms with Crippen molar-refractivity contribution in [3.8, 4) is 11.5 Å². The summed E-state index contributed by atoms with van der Waals surface area (Å²) < 4.78 is 36.2. The number of fused-ring (bicyclic) bond motifs is 1. The first kappa shape index (κ1) is 19.7. The summed E-state index contributed by atoms with van der Waals surface area (Å²) in [5, 5.41) is 4.59. The molecule has 1 atom stereocenters. The normalized spacial score (nSPS) is 21.6. The van der Waals surface area contributed by atoms with Crippen molar-refractivity contribution in [1.29, 1.82) is 0 Å². The van der Waals surface area contributed by atoms with Crippen LogP contribution in [0.25, 0.3) is 6.08 Å². The van der Waals surface area contributed by atoms with E-state index >= 15 is 0 Å². The predicted octanol–water partition coefficient (Wildman–Crippen LogP) is 2.70. The molecule has 1 fully saturated rings. The van der Waals surface area contributed by atoms with Gasteiger partial charge in [-0.3, -0.25) is 9.48 Å². The minimum atomic E-state index is -3.00. The number of methoxy groups -OCH3 is 2. The summed E-state index contributed by atoms with van der Waals surface area (Å²) in [7, 11) is 0.119. The Labute approximate surface area is 170 Å². The Morgan fingerprint density at radius 3 is 2.48 bits per heavy atom. The Bertz CT molecular complexity index is 1140. The third-order valence-electron chi connectivity index (χ3n) is 5.78. The highest BCUT2D eigenvalue weighted by atomic mass is 32.2.